The molecule has 0 amide bonds. The molecule has 0 bridgehead atoms. The van der Waals surface area contributed by atoms with E-state index in [1.807, 2.05) is 0 Å². The van der Waals surface area contributed by atoms with Crippen LogP contribution in [0.1, 0.15) is 19.8 Å². The molecule has 1 rings (SSSR count). The summed E-state index contributed by atoms with van der Waals surface area (Å²) in [6, 6.07) is 0.311. The molecular formula is C9H19N3O2S2. The highest BCUT2D eigenvalue weighted by Crippen LogP contribution is 2.15. The van der Waals surface area contributed by atoms with Gasteiger partial charge in [0.15, 0.2) is 0 Å². The third-order valence-corrected chi connectivity index (χ3v) is 4.40. The molecule has 1 fully saturated rings. The van der Waals surface area contributed by atoms with Crippen LogP contribution < -0.4 is 10.5 Å². The van der Waals surface area contributed by atoms with Crippen LogP contribution in [-0.2, 0) is 10.0 Å². The van der Waals surface area contributed by atoms with Crippen molar-refractivity contribution in [3.8, 4) is 0 Å². The summed E-state index contributed by atoms with van der Waals surface area (Å²) in [5.74, 6) is -0.263. The highest BCUT2D eigenvalue weighted by Gasteiger charge is 2.24. The Balaban J connectivity index is 2.42. The molecule has 3 N–H and O–H groups in total. The summed E-state index contributed by atoms with van der Waals surface area (Å²) in [7, 11) is -3.34. The summed E-state index contributed by atoms with van der Waals surface area (Å²) in [5, 5.41) is 0. The van der Waals surface area contributed by atoms with Gasteiger partial charge in [-0.1, -0.05) is 19.1 Å². The molecule has 1 aliphatic rings. The van der Waals surface area contributed by atoms with E-state index in [1.165, 1.54) is 0 Å². The Morgan fingerprint density at radius 1 is 1.62 bits per heavy atom. The number of hydrogen-bond donors (Lipinski definition) is 2. The molecule has 1 unspecified atom stereocenters. The predicted octanol–water partition coefficient (Wildman–Crippen LogP) is -0.324. The number of hydrogen-bond acceptors (Lipinski definition) is 4. The van der Waals surface area contributed by atoms with E-state index in [0.717, 1.165) is 25.9 Å². The number of thiocarbonyl (C=S) groups is 1. The molecule has 5 nitrogen and oxygen atoms in total. The van der Waals surface area contributed by atoms with E-state index in [1.54, 1.807) is 0 Å². The molecule has 0 radical (unpaired) electrons. The standard InChI is InChI=1S/C9H19N3O2S2/c1-2-12-5-3-4-8(12)6-11-16(13,14)7-9(10)15/h8,11H,2-7H2,1H3,(H2,10,15). The molecule has 1 atom stereocenters. The molecule has 7 heteroatoms. The molecular weight excluding hydrogens is 246 g/mol. The van der Waals surface area contributed by atoms with E-state index in [0.29, 0.717) is 12.6 Å². The van der Waals surface area contributed by atoms with Crippen LogP contribution in [-0.4, -0.2) is 49.7 Å². The molecule has 0 spiro atoms. The van der Waals surface area contributed by atoms with E-state index < -0.39 is 10.0 Å². The average Bonchev–Trinajstić information content (AvgIpc) is 2.59. The minimum atomic E-state index is -3.34. The smallest absolute Gasteiger partial charge is 0.218 e. The molecule has 0 aromatic carbocycles. The molecule has 16 heavy (non-hydrogen) atoms. The van der Waals surface area contributed by atoms with Crippen molar-refractivity contribution in [3.63, 3.8) is 0 Å². The average molecular weight is 265 g/mol. The van der Waals surface area contributed by atoms with E-state index in [2.05, 4.69) is 28.8 Å². The summed E-state index contributed by atoms with van der Waals surface area (Å²) in [4.78, 5) is 2.29. The number of rotatable bonds is 6. The molecule has 1 aliphatic heterocycles. The van der Waals surface area contributed by atoms with Gasteiger partial charge < -0.3 is 5.73 Å². The van der Waals surface area contributed by atoms with Crippen molar-refractivity contribution < 1.29 is 8.42 Å². The van der Waals surface area contributed by atoms with Crippen molar-refractivity contribution in [3.05, 3.63) is 0 Å². The summed E-state index contributed by atoms with van der Waals surface area (Å²) in [6.07, 6.45) is 2.18. The monoisotopic (exact) mass is 265 g/mol. The van der Waals surface area contributed by atoms with Crippen molar-refractivity contribution in [2.75, 3.05) is 25.4 Å². The minimum absolute atomic E-state index is 0.00581. The second kappa shape index (κ2) is 5.90. The number of nitrogens with one attached hydrogen (secondary N) is 1. The fourth-order valence-electron chi connectivity index (χ4n) is 2.00. The van der Waals surface area contributed by atoms with Gasteiger partial charge in [-0.25, -0.2) is 13.1 Å². The van der Waals surface area contributed by atoms with Crippen LogP contribution in [0.2, 0.25) is 0 Å². The zero-order valence-corrected chi connectivity index (χ0v) is 11.1. The lowest BCUT2D eigenvalue weighted by molar-refractivity contribution is 0.268. The van der Waals surface area contributed by atoms with Crippen molar-refractivity contribution in [2.24, 2.45) is 5.73 Å². The topological polar surface area (TPSA) is 75.4 Å². The van der Waals surface area contributed by atoms with Crippen LogP contribution in [0.4, 0.5) is 0 Å². The quantitative estimate of drug-likeness (QED) is 0.644. The van der Waals surface area contributed by atoms with Crippen molar-refractivity contribution in [1.82, 2.24) is 9.62 Å². The normalized spacial score (nSPS) is 22.4. The van der Waals surface area contributed by atoms with Gasteiger partial charge >= 0.3 is 0 Å². The Hall–Kier alpha value is -0.240. The first-order chi connectivity index (χ1) is 7.44. The lowest BCUT2D eigenvalue weighted by atomic mass is 10.2. The largest absolute Gasteiger partial charge is 0.392 e. The van der Waals surface area contributed by atoms with Gasteiger partial charge in [-0.05, 0) is 25.9 Å². The van der Waals surface area contributed by atoms with Crippen molar-refractivity contribution >= 4 is 27.2 Å². The van der Waals surface area contributed by atoms with Gasteiger partial charge in [-0.15, -0.1) is 0 Å². The lowest BCUT2D eigenvalue weighted by Crippen LogP contribution is -2.42. The van der Waals surface area contributed by atoms with Crippen LogP contribution in [0.3, 0.4) is 0 Å². The fourth-order valence-corrected chi connectivity index (χ4v) is 3.39. The Morgan fingerprint density at radius 2 is 2.31 bits per heavy atom. The van der Waals surface area contributed by atoms with Crippen LogP contribution >= 0.6 is 12.2 Å². The second-order valence-electron chi connectivity index (χ2n) is 4.00. The molecule has 0 saturated carbocycles. The van der Waals surface area contributed by atoms with Gasteiger partial charge in [0.05, 0.1) is 4.99 Å². The van der Waals surface area contributed by atoms with Crippen molar-refractivity contribution in [2.45, 2.75) is 25.8 Å². The second-order valence-corrected chi connectivity index (χ2v) is 6.33. The third-order valence-electron chi connectivity index (χ3n) is 2.78. The van der Waals surface area contributed by atoms with E-state index in [9.17, 15) is 8.42 Å². The molecule has 0 aromatic rings. The first-order valence-electron chi connectivity index (χ1n) is 5.44. The summed E-state index contributed by atoms with van der Waals surface area (Å²) >= 11 is 4.59. The Labute approximate surface area is 102 Å². The van der Waals surface area contributed by atoms with Gasteiger partial charge in [-0.3, -0.25) is 4.90 Å². The van der Waals surface area contributed by atoms with Crippen molar-refractivity contribution in [1.29, 1.82) is 0 Å². The van der Waals surface area contributed by atoms with Gasteiger partial charge in [0.25, 0.3) is 0 Å². The first kappa shape index (κ1) is 13.8. The molecule has 1 saturated heterocycles. The van der Waals surface area contributed by atoms with Crippen LogP contribution in [0.15, 0.2) is 0 Å². The van der Waals surface area contributed by atoms with Gasteiger partial charge in [0.2, 0.25) is 10.0 Å². The van der Waals surface area contributed by atoms with Crippen LogP contribution in [0, 0.1) is 0 Å². The lowest BCUT2D eigenvalue weighted by Gasteiger charge is -2.22. The van der Waals surface area contributed by atoms with E-state index >= 15 is 0 Å². The highest BCUT2D eigenvalue weighted by molar-refractivity contribution is 7.92. The molecule has 94 valence electrons. The predicted molar refractivity (Wildman–Crippen MR) is 68.8 cm³/mol. The Kier molecular flexibility index (Phi) is 5.10. The third kappa shape index (κ3) is 4.32. The number of likely N-dealkylation sites (tertiary alicyclic amines) is 1. The van der Waals surface area contributed by atoms with Gasteiger partial charge in [0.1, 0.15) is 5.75 Å². The Bertz CT molecular complexity index is 343. The first-order valence-corrected chi connectivity index (χ1v) is 7.50. The van der Waals surface area contributed by atoms with Gasteiger partial charge in [-0.2, -0.15) is 0 Å². The summed E-state index contributed by atoms with van der Waals surface area (Å²) in [5.41, 5.74) is 5.22. The SMILES string of the molecule is CCN1CCCC1CNS(=O)(=O)CC(N)=S. The zero-order chi connectivity index (χ0) is 12.2. The Morgan fingerprint density at radius 3 is 2.88 bits per heavy atom. The fraction of sp³-hybridized carbons (Fsp3) is 0.889. The minimum Gasteiger partial charge on any atom is -0.392 e. The molecule has 0 aliphatic carbocycles. The number of nitrogens with two attached hydrogens (primary N) is 1. The maximum absolute atomic E-state index is 11.5. The van der Waals surface area contributed by atoms with Gasteiger partial charge in [0, 0.05) is 12.6 Å². The van der Waals surface area contributed by atoms with E-state index in [-0.39, 0.29) is 10.7 Å². The zero-order valence-electron chi connectivity index (χ0n) is 9.48. The maximum atomic E-state index is 11.5. The molecule has 1 heterocycles. The summed E-state index contributed by atoms with van der Waals surface area (Å²) < 4.78 is 25.6. The summed E-state index contributed by atoms with van der Waals surface area (Å²) in [6.45, 7) is 4.56. The van der Waals surface area contributed by atoms with Crippen LogP contribution in [0.25, 0.3) is 0 Å². The number of likely N-dealkylation sites (N-methyl/N-ethyl adjacent to an activating group) is 1. The number of sulfonamides is 1. The number of nitrogens with zero attached hydrogens (tertiary/aromatic N) is 1. The molecule has 0 aromatic heterocycles. The van der Waals surface area contributed by atoms with E-state index in [4.69, 9.17) is 5.73 Å². The highest BCUT2D eigenvalue weighted by atomic mass is 32.2. The van der Waals surface area contributed by atoms with Crippen LogP contribution in [0.5, 0.6) is 0 Å². The maximum Gasteiger partial charge on any atom is 0.218 e.